The summed E-state index contributed by atoms with van der Waals surface area (Å²) in [6.07, 6.45) is 14.2. The first-order valence-electron chi connectivity index (χ1n) is 8.34. The van der Waals surface area contributed by atoms with E-state index in [0.29, 0.717) is 6.61 Å². The molecular formula is C19H30O2. The molecule has 2 heteroatoms. The molecule has 0 aliphatic rings. The van der Waals surface area contributed by atoms with Gasteiger partial charge in [0, 0.05) is 0 Å². The maximum absolute atomic E-state index is 8.62. The summed E-state index contributed by atoms with van der Waals surface area (Å²) >= 11 is 0. The number of aryl methyl sites for hydroxylation is 1. The number of hydrogen-bond acceptors (Lipinski definition) is 2. The van der Waals surface area contributed by atoms with Crippen LogP contribution in [0.3, 0.4) is 0 Å². The van der Waals surface area contributed by atoms with Gasteiger partial charge in [-0.05, 0) is 36.6 Å². The van der Waals surface area contributed by atoms with Gasteiger partial charge in [-0.2, -0.15) is 0 Å². The van der Waals surface area contributed by atoms with Crippen molar-refractivity contribution in [1.82, 2.24) is 0 Å². The zero-order valence-electron chi connectivity index (χ0n) is 13.4. The van der Waals surface area contributed by atoms with Gasteiger partial charge in [0.15, 0.2) is 0 Å². The predicted molar refractivity (Wildman–Crippen MR) is 89.9 cm³/mol. The van der Waals surface area contributed by atoms with Crippen LogP contribution in [0.5, 0.6) is 5.75 Å². The molecule has 0 saturated carbocycles. The normalized spacial score (nSPS) is 11.1. The first-order chi connectivity index (χ1) is 10.4. The molecule has 0 aromatic heterocycles. The minimum Gasteiger partial charge on any atom is -0.490 e. The molecule has 0 fully saturated rings. The predicted octanol–water partition coefficient (Wildman–Crippen LogP) is 4.91. The Balaban J connectivity index is 2.12. The quantitative estimate of drug-likeness (QED) is 0.438. The molecule has 0 aliphatic carbocycles. The van der Waals surface area contributed by atoms with Gasteiger partial charge in [-0.3, -0.25) is 0 Å². The fourth-order valence-corrected chi connectivity index (χ4v) is 2.33. The Morgan fingerprint density at radius 3 is 2.24 bits per heavy atom. The summed E-state index contributed by atoms with van der Waals surface area (Å²) in [4.78, 5) is 0. The topological polar surface area (TPSA) is 29.5 Å². The maximum atomic E-state index is 8.62. The van der Waals surface area contributed by atoms with Gasteiger partial charge in [0.2, 0.25) is 0 Å². The minimum absolute atomic E-state index is 0.0702. The fraction of sp³-hybridized carbons (Fsp3) is 0.579. The Labute approximate surface area is 129 Å². The van der Waals surface area contributed by atoms with E-state index in [1.54, 1.807) is 6.08 Å². The molecule has 21 heavy (non-hydrogen) atoms. The van der Waals surface area contributed by atoms with E-state index in [0.717, 1.165) is 5.75 Å². The number of ether oxygens (including phenoxy) is 1. The molecule has 2 nitrogen and oxygen atoms in total. The molecule has 0 spiro atoms. The van der Waals surface area contributed by atoms with E-state index in [2.05, 4.69) is 19.1 Å². The molecule has 0 heterocycles. The van der Waals surface area contributed by atoms with Crippen molar-refractivity contribution in [2.75, 3.05) is 13.2 Å². The highest BCUT2D eigenvalue weighted by atomic mass is 16.5. The summed E-state index contributed by atoms with van der Waals surface area (Å²) in [5, 5.41) is 8.62. The van der Waals surface area contributed by atoms with E-state index in [1.807, 2.05) is 18.2 Å². The van der Waals surface area contributed by atoms with Crippen molar-refractivity contribution in [3.8, 4) is 5.75 Å². The molecule has 0 atom stereocenters. The number of benzene rings is 1. The van der Waals surface area contributed by atoms with Crippen LogP contribution in [0.15, 0.2) is 36.4 Å². The van der Waals surface area contributed by atoms with Crippen molar-refractivity contribution >= 4 is 0 Å². The summed E-state index contributed by atoms with van der Waals surface area (Å²) in [7, 11) is 0. The Kier molecular flexibility index (Phi) is 10.5. The molecule has 0 aliphatic heterocycles. The van der Waals surface area contributed by atoms with E-state index in [1.165, 1.54) is 56.9 Å². The zero-order valence-corrected chi connectivity index (χ0v) is 13.4. The number of rotatable bonds is 12. The summed E-state index contributed by atoms with van der Waals surface area (Å²) in [5.74, 6) is 0.890. The van der Waals surface area contributed by atoms with E-state index >= 15 is 0 Å². The van der Waals surface area contributed by atoms with E-state index in [-0.39, 0.29) is 6.61 Å². The molecule has 1 N–H and O–H groups in total. The minimum atomic E-state index is 0.0702. The number of aliphatic hydroxyl groups excluding tert-OH is 1. The standard InChI is InChI=1S/C19H30O2/c1-2-3-4-5-6-7-8-11-18-12-14-19(15-13-18)21-17-10-9-16-20/h9-10,12-15,20H,2-8,11,16-17H2,1H3. The second-order valence-corrected chi connectivity index (χ2v) is 5.48. The van der Waals surface area contributed by atoms with E-state index in [9.17, 15) is 0 Å². The van der Waals surface area contributed by atoms with Crippen LogP contribution in [0, 0.1) is 0 Å². The third kappa shape index (κ3) is 9.30. The SMILES string of the molecule is CCCCCCCCCc1ccc(OCC=CCO)cc1. The lowest BCUT2D eigenvalue weighted by Gasteiger charge is -2.05. The third-order valence-electron chi connectivity index (χ3n) is 3.61. The van der Waals surface area contributed by atoms with Crippen LogP contribution in [0.4, 0.5) is 0 Å². The monoisotopic (exact) mass is 290 g/mol. The molecular weight excluding hydrogens is 260 g/mol. The van der Waals surface area contributed by atoms with Crippen LogP contribution in [0.25, 0.3) is 0 Å². The average Bonchev–Trinajstić information content (AvgIpc) is 2.52. The van der Waals surface area contributed by atoms with Crippen LogP contribution in [-0.2, 0) is 6.42 Å². The van der Waals surface area contributed by atoms with Gasteiger partial charge in [0.25, 0.3) is 0 Å². The molecule has 0 radical (unpaired) electrons. The second kappa shape index (κ2) is 12.5. The van der Waals surface area contributed by atoms with Gasteiger partial charge >= 0.3 is 0 Å². The van der Waals surface area contributed by atoms with Gasteiger partial charge < -0.3 is 9.84 Å². The van der Waals surface area contributed by atoms with Gasteiger partial charge in [0.1, 0.15) is 12.4 Å². The number of hydrogen-bond donors (Lipinski definition) is 1. The lowest BCUT2D eigenvalue weighted by atomic mass is 10.0. The van der Waals surface area contributed by atoms with Crippen LogP contribution in [0.1, 0.15) is 57.4 Å². The molecule has 0 amide bonds. The Morgan fingerprint density at radius 2 is 1.57 bits per heavy atom. The third-order valence-corrected chi connectivity index (χ3v) is 3.61. The van der Waals surface area contributed by atoms with Gasteiger partial charge in [-0.1, -0.05) is 63.7 Å². The molecule has 1 rings (SSSR count). The van der Waals surface area contributed by atoms with Crippen molar-refractivity contribution in [3.63, 3.8) is 0 Å². The molecule has 1 aromatic carbocycles. The second-order valence-electron chi connectivity index (χ2n) is 5.48. The molecule has 1 aromatic rings. The highest BCUT2D eigenvalue weighted by Crippen LogP contribution is 2.15. The van der Waals surface area contributed by atoms with Crippen molar-refractivity contribution in [2.45, 2.75) is 58.3 Å². The number of unbranched alkanes of at least 4 members (excludes halogenated alkanes) is 6. The van der Waals surface area contributed by atoms with Crippen molar-refractivity contribution in [3.05, 3.63) is 42.0 Å². The molecule has 0 saturated heterocycles. The highest BCUT2D eigenvalue weighted by molar-refractivity contribution is 5.27. The van der Waals surface area contributed by atoms with E-state index < -0.39 is 0 Å². The van der Waals surface area contributed by atoms with Gasteiger partial charge in [-0.25, -0.2) is 0 Å². The molecule has 118 valence electrons. The lowest BCUT2D eigenvalue weighted by molar-refractivity contribution is 0.336. The van der Waals surface area contributed by atoms with Crippen LogP contribution in [0.2, 0.25) is 0 Å². The Morgan fingerprint density at radius 1 is 0.905 bits per heavy atom. The van der Waals surface area contributed by atoms with Gasteiger partial charge in [0.05, 0.1) is 6.61 Å². The van der Waals surface area contributed by atoms with Crippen LogP contribution in [-0.4, -0.2) is 18.3 Å². The van der Waals surface area contributed by atoms with Crippen molar-refractivity contribution in [1.29, 1.82) is 0 Å². The maximum Gasteiger partial charge on any atom is 0.119 e. The van der Waals surface area contributed by atoms with Crippen molar-refractivity contribution < 1.29 is 9.84 Å². The summed E-state index contributed by atoms with van der Waals surface area (Å²) in [6.45, 7) is 2.84. The van der Waals surface area contributed by atoms with Crippen LogP contribution >= 0.6 is 0 Å². The zero-order chi connectivity index (χ0) is 15.2. The number of aliphatic hydroxyl groups is 1. The highest BCUT2D eigenvalue weighted by Gasteiger charge is 1.96. The van der Waals surface area contributed by atoms with E-state index in [4.69, 9.17) is 9.84 Å². The summed E-state index contributed by atoms with van der Waals surface area (Å²) in [5.41, 5.74) is 1.39. The first kappa shape index (κ1) is 17.8. The van der Waals surface area contributed by atoms with Crippen molar-refractivity contribution in [2.24, 2.45) is 0 Å². The Bertz CT molecular complexity index is 368. The summed E-state index contributed by atoms with van der Waals surface area (Å²) in [6, 6.07) is 8.37. The smallest absolute Gasteiger partial charge is 0.119 e. The average molecular weight is 290 g/mol. The fourth-order valence-electron chi connectivity index (χ4n) is 2.33. The first-order valence-corrected chi connectivity index (χ1v) is 8.34. The lowest BCUT2D eigenvalue weighted by Crippen LogP contribution is -1.94. The van der Waals surface area contributed by atoms with Crippen LogP contribution < -0.4 is 4.74 Å². The Hall–Kier alpha value is -1.28. The largest absolute Gasteiger partial charge is 0.490 e. The van der Waals surface area contributed by atoms with Gasteiger partial charge in [-0.15, -0.1) is 0 Å². The summed E-state index contributed by atoms with van der Waals surface area (Å²) < 4.78 is 5.55. The molecule has 0 bridgehead atoms. The molecule has 0 unspecified atom stereocenters.